The minimum Gasteiger partial charge on any atom is -0.483 e. The van der Waals surface area contributed by atoms with Crippen molar-refractivity contribution >= 4 is 34.9 Å². The number of ether oxygens (including phenoxy) is 1. The van der Waals surface area contributed by atoms with E-state index in [9.17, 15) is 14.4 Å². The van der Waals surface area contributed by atoms with E-state index >= 15 is 0 Å². The molecule has 25 heavy (non-hydrogen) atoms. The number of thioether (sulfide) groups is 1. The lowest BCUT2D eigenvalue weighted by Crippen LogP contribution is -2.40. The second-order valence-electron chi connectivity index (χ2n) is 6.24. The van der Waals surface area contributed by atoms with Gasteiger partial charge in [-0.05, 0) is 42.7 Å². The number of rotatable bonds is 4. The Labute approximate surface area is 150 Å². The molecule has 1 aromatic carbocycles. The molecule has 3 amide bonds. The smallest absolute Gasteiger partial charge is 0.290 e. The highest BCUT2D eigenvalue weighted by atomic mass is 32.2. The molecule has 0 spiro atoms. The summed E-state index contributed by atoms with van der Waals surface area (Å²) in [5.74, 6) is 0.734. The normalized spacial score (nSPS) is 20.0. The van der Waals surface area contributed by atoms with Crippen LogP contribution in [-0.2, 0) is 9.59 Å². The van der Waals surface area contributed by atoms with E-state index in [0.29, 0.717) is 22.1 Å². The molecule has 0 aliphatic carbocycles. The number of hydrogen-bond acceptors (Lipinski definition) is 5. The average Bonchev–Trinajstić information content (AvgIpc) is 2.91. The van der Waals surface area contributed by atoms with Gasteiger partial charge >= 0.3 is 0 Å². The molecule has 0 aromatic heterocycles. The summed E-state index contributed by atoms with van der Waals surface area (Å²) in [6, 6.07) is 7.15. The average molecular weight is 360 g/mol. The Morgan fingerprint density at radius 1 is 1.32 bits per heavy atom. The zero-order valence-electron chi connectivity index (χ0n) is 14.0. The summed E-state index contributed by atoms with van der Waals surface area (Å²) in [6.07, 6.45) is 3.65. The first-order valence-corrected chi connectivity index (χ1v) is 9.09. The maximum Gasteiger partial charge on any atom is 0.290 e. The van der Waals surface area contributed by atoms with Crippen LogP contribution < -0.4 is 10.1 Å². The zero-order valence-corrected chi connectivity index (χ0v) is 14.8. The molecule has 0 unspecified atom stereocenters. The van der Waals surface area contributed by atoms with Crippen LogP contribution in [0.1, 0.15) is 25.3 Å². The summed E-state index contributed by atoms with van der Waals surface area (Å²) in [4.78, 5) is 37.4. The van der Waals surface area contributed by atoms with Crippen molar-refractivity contribution in [3.05, 3.63) is 34.7 Å². The van der Waals surface area contributed by atoms with Gasteiger partial charge in [0.25, 0.3) is 17.1 Å². The first-order valence-electron chi connectivity index (χ1n) is 8.27. The summed E-state index contributed by atoms with van der Waals surface area (Å²) < 4.78 is 5.69. The number of carbonyl (C=O) groups is 3. The van der Waals surface area contributed by atoms with Gasteiger partial charge in [0.2, 0.25) is 0 Å². The molecule has 0 radical (unpaired) electrons. The topological polar surface area (TPSA) is 75.7 Å². The van der Waals surface area contributed by atoms with Gasteiger partial charge in [0.1, 0.15) is 5.75 Å². The fourth-order valence-corrected chi connectivity index (χ4v) is 3.46. The highest BCUT2D eigenvalue weighted by Crippen LogP contribution is 2.29. The summed E-state index contributed by atoms with van der Waals surface area (Å²) in [5.41, 5.74) is 0.662. The quantitative estimate of drug-likeness (QED) is 0.836. The largest absolute Gasteiger partial charge is 0.483 e. The predicted molar refractivity (Wildman–Crippen MR) is 96.0 cm³/mol. The second-order valence-corrected chi connectivity index (χ2v) is 7.26. The number of piperidine rings is 1. The van der Waals surface area contributed by atoms with E-state index in [-0.39, 0.29) is 17.8 Å². The molecule has 0 saturated carbocycles. The first-order chi connectivity index (χ1) is 12.0. The molecule has 3 rings (SSSR count). The number of imide groups is 1. The van der Waals surface area contributed by atoms with Crippen LogP contribution in [0.2, 0.25) is 0 Å². The number of para-hydroxylation sites is 1. The summed E-state index contributed by atoms with van der Waals surface area (Å²) in [7, 11) is 0. The Morgan fingerprint density at radius 2 is 2.04 bits per heavy atom. The van der Waals surface area contributed by atoms with Crippen molar-refractivity contribution in [3.63, 3.8) is 0 Å². The lowest BCUT2D eigenvalue weighted by molar-refractivity contribution is -0.134. The van der Waals surface area contributed by atoms with Crippen molar-refractivity contribution in [3.8, 4) is 5.75 Å². The number of carbonyl (C=O) groups excluding carboxylic acids is 3. The van der Waals surface area contributed by atoms with Gasteiger partial charge in [0, 0.05) is 18.7 Å². The van der Waals surface area contributed by atoms with Crippen molar-refractivity contribution in [1.29, 1.82) is 0 Å². The van der Waals surface area contributed by atoms with Crippen LogP contribution in [0.3, 0.4) is 0 Å². The molecular formula is C18H20N2O4S. The standard InChI is InChI=1S/C18H20N2O4S/c1-12-6-8-20(9-7-12)16(21)11-24-14-5-3-2-4-13(14)10-15-17(22)19-18(23)25-15/h2-5,10,12H,6-9,11H2,1H3,(H,19,22,23)/b15-10-. The van der Waals surface area contributed by atoms with E-state index in [4.69, 9.17) is 4.74 Å². The fraction of sp³-hybridized carbons (Fsp3) is 0.389. The fourth-order valence-electron chi connectivity index (χ4n) is 2.78. The van der Waals surface area contributed by atoms with E-state index in [2.05, 4.69) is 12.2 Å². The number of benzene rings is 1. The Kier molecular flexibility index (Phi) is 5.43. The number of nitrogens with one attached hydrogen (secondary N) is 1. The zero-order chi connectivity index (χ0) is 17.8. The monoisotopic (exact) mass is 360 g/mol. The molecule has 0 bridgehead atoms. The van der Waals surface area contributed by atoms with Crippen LogP contribution >= 0.6 is 11.8 Å². The number of likely N-dealkylation sites (tertiary alicyclic amines) is 1. The first kappa shape index (κ1) is 17.5. The summed E-state index contributed by atoms with van der Waals surface area (Å²) >= 11 is 0.855. The van der Waals surface area contributed by atoms with E-state index < -0.39 is 5.91 Å². The van der Waals surface area contributed by atoms with E-state index in [1.807, 2.05) is 11.0 Å². The van der Waals surface area contributed by atoms with Gasteiger partial charge in [0.05, 0.1) is 4.91 Å². The lowest BCUT2D eigenvalue weighted by atomic mass is 9.99. The molecule has 2 heterocycles. The highest BCUT2D eigenvalue weighted by molar-refractivity contribution is 8.18. The molecular weight excluding hydrogens is 340 g/mol. The predicted octanol–water partition coefficient (Wildman–Crippen LogP) is 2.65. The molecule has 6 nitrogen and oxygen atoms in total. The second kappa shape index (κ2) is 7.74. The van der Waals surface area contributed by atoms with E-state index in [0.717, 1.165) is 37.7 Å². The molecule has 132 valence electrons. The summed E-state index contributed by atoms with van der Waals surface area (Å²) in [6.45, 7) is 3.71. The Bertz CT molecular complexity index is 724. The molecule has 2 fully saturated rings. The molecule has 2 saturated heterocycles. The molecule has 2 aliphatic rings. The van der Waals surface area contributed by atoms with Crippen LogP contribution in [0.5, 0.6) is 5.75 Å². The van der Waals surface area contributed by atoms with Crippen LogP contribution in [0.25, 0.3) is 6.08 Å². The summed E-state index contributed by atoms with van der Waals surface area (Å²) in [5, 5.41) is 1.83. The van der Waals surface area contributed by atoms with E-state index in [1.165, 1.54) is 0 Å². The minimum atomic E-state index is -0.414. The van der Waals surface area contributed by atoms with Crippen molar-refractivity contribution in [1.82, 2.24) is 10.2 Å². The van der Waals surface area contributed by atoms with Gasteiger partial charge in [-0.1, -0.05) is 25.1 Å². The third kappa shape index (κ3) is 4.42. The van der Waals surface area contributed by atoms with Gasteiger partial charge in [-0.15, -0.1) is 0 Å². The van der Waals surface area contributed by atoms with Crippen LogP contribution in [0.15, 0.2) is 29.2 Å². The van der Waals surface area contributed by atoms with Gasteiger partial charge in [-0.2, -0.15) is 0 Å². The SMILES string of the molecule is CC1CCN(C(=O)COc2ccccc2/C=C2\SC(=O)NC2=O)CC1. The molecule has 7 heteroatoms. The Balaban J connectivity index is 1.65. The van der Waals surface area contributed by atoms with Crippen molar-refractivity contribution < 1.29 is 19.1 Å². The van der Waals surface area contributed by atoms with Crippen molar-refractivity contribution in [2.24, 2.45) is 5.92 Å². The van der Waals surface area contributed by atoms with Crippen LogP contribution in [0, 0.1) is 5.92 Å². The molecule has 1 aromatic rings. The number of amides is 3. The van der Waals surface area contributed by atoms with E-state index in [1.54, 1.807) is 24.3 Å². The molecule has 0 atom stereocenters. The minimum absolute atomic E-state index is 0.0301. The van der Waals surface area contributed by atoms with Gasteiger partial charge in [-0.25, -0.2) is 0 Å². The number of hydrogen-bond donors (Lipinski definition) is 1. The maximum absolute atomic E-state index is 12.3. The highest BCUT2D eigenvalue weighted by Gasteiger charge is 2.25. The third-order valence-corrected chi connectivity index (χ3v) is 5.15. The Morgan fingerprint density at radius 3 is 2.72 bits per heavy atom. The van der Waals surface area contributed by atoms with Gasteiger partial charge in [0.15, 0.2) is 6.61 Å². The van der Waals surface area contributed by atoms with Crippen LogP contribution in [0.4, 0.5) is 4.79 Å². The van der Waals surface area contributed by atoms with Crippen LogP contribution in [-0.4, -0.2) is 41.6 Å². The molecule has 2 aliphatic heterocycles. The Hall–Kier alpha value is -2.28. The third-order valence-electron chi connectivity index (χ3n) is 4.34. The number of nitrogens with zero attached hydrogens (tertiary/aromatic N) is 1. The van der Waals surface area contributed by atoms with Gasteiger partial charge < -0.3 is 9.64 Å². The lowest BCUT2D eigenvalue weighted by Gasteiger charge is -2.30. The molecule has 1 N–H and O–H groups in total. The van der Waals surface area contributed by atoms with Crippen molar-refractivity contribution in [2.45, 2.75) is 19.8 Å². The maximum atomic E-state index is 12.3. The van der Waals surface area contributed by atoms with Gasteiger partial charge in [-0.3, -0.25) is 19.7 Å². The van der Waals surface area contributed by atoms with Crippen molar-refractivity contribution in [2.75, 3.05) is 19.7 Å².